The lowest BCUT2D eigenvalue weighted by atomic mass is 9.81. The number of nitrogens with zero attached hydrogens (tertiary/aromatic N) is 1. The van der Waals surface area contributed by atoms with Crippen LogP contribution < -0.4 is 0 Å². The topological polar surface area (TPSA) is 49.8 Å². The van der Waals surface area contributed by atoms with E-state index in [0.717, 1.165) is 12.8 Å². The number of likely N-dealkylation sites (tertiary alicyclic amines) is 1. The van der Waals surface area contributed by atoms with Crippen molar-refractivity contribution in [3.8, 4) is 0 Å². The Morgan fingerprint density at radius 3 is 2.32 bits per heavy atom. The van der Waals surface area contributed by atoms with E-state index in [-0.39, 0.29) is 37.5 Å². The van der Waals surface area contributed by atoms with Gasteiger partial charge in [0.15, 0.2) is 0 Å². The molecule has 126 valence electrons. The van der Waals surface area contributed by atoms with Crippen LogP contribution in [0.5, 0.6) is 0 Å². The molecule has 1 saturated carbocycles. The zero-order valence-electron chi connectivity index (χ0n) is 12.9. The Labute approximate surface area is 129 Å². The van der Waals surface area contributed by atoms with Gasteiger partial charge in [-0.2, -0.15) is 0 Å². The molecule has 0 aromatic heterocycles. The van der Waals surface area contributed by atoms with Gasteiger partial charge in [0, 0.05) is 38.5 Å². The third kappa shape index (κ3) is 3.13. The molecule has 4 nitrogen and oxygen atoms in total. The summed E-state index contributed by atoms with van der Waals surface area (Å²) >= 11 is 0. The molecular weight excluding hydrogens is 292 g/mol. The Morgan fingerprint density at radius 1 is 1.09 bits per heavy atom. The molecule has 0 aromatic carbocycles. The number of aliphatic hydroxyl groups excluding tert-OH is 1. The maximum Gasteiger partial charge on any atom is 0.248 e. The van der Waals surface area contributed by atoms with Crippen molar-refractivity contribution in [3.63, 3.8) is 0 Å². The van der Waals surface area contributed by atoms with Crippen LogP contribution >= 0.6 is 0 Å². The SMILES string of the molecule is O=C(C1CCC(F)(F)CC1)N1CCC2(CC1)OCCCC2O. The van der Waals surface area contributed by atoms with Crippen LogP contribution in [0.4, 0.5) is 8.78 Å². The maximum atomic E-state index is 13.2. The second-order valence-electron chi connectivity index (χ2n) is 7.03. The summed E-state index contributed by atoms with van der Waals surface area (Å²) in [6, 6.07) is 0. The van der Waals surface area contributed by atoms with Crippen LogP contribution in [-0.2, 0) is 9.53 Å². The zero-order chi connectivity index (χ0) is 15.8. The lowest BCUT2D eigenvalue weighted by Crippen LogP contribution is -2.56. The van der Waals surface area contributed by atoms with Crippen molar-refractivity contribution in [2.45, 2.75) is 69.0 Å². The van der Waals surface area contributed by atoms with Crippen LogP contribution in [0.2, 0.25) is 0 Å². The standard InChI is InChI=1S/C16H25F2NO3/c17-16(18)5-3-12(4-6-16)14(21)19-9-7-15(8-10-19)13(20)2-1-11-22-15/h12-13,20H,1-11H2. The molecule has 2 heterocycles. The quantitative estimate of drug-likeness (QED) is 0.807. The minimum absolute atomic E-state index is 0.00986. The predicted molar refractivity (Wildman–Crippen MR) is 76.6 cm³/mol. The number of carbonyl (C=O) groups is 1. The minimum atomic E-state index is -2.59. The molecule has 2 aliphatic heterocycles. The van der Waals surface area contributed by atoms with Gasteiger partial charge in [0.1, 0.15) is 0 Å². The van der Waals surface area contributed by atoms with Gasteiger partial charge in [-0.15, -0.1) is 0 Å². The highest BCUT2D eigenvalue weighted by atomic mass is 19.3. The lowest BCUT2D eigenvalue weighted by molar-refractivity contribution is -0.181. The molecule has 1 amide bonds. The third-order valence-corrected chi connectivity index (χ3v) is 5.61. The van der Waals surface area contributed by atoms with Crippen molar-refractivity contribution < 1.29 is 23.4 Å². The molecule has 1 unspecified atom stereocenters. The number of hydrogen-bond donors (Lipinski definition) is 1. The van der Waals surface area contributed by atoms with Crippen molar-refractivity contribution in [2.24, 2.45) is 5.92 Å². The van der Waals surface area contributed by atoms with E-state index < -0.39 is 17.6 Å². The van der Waals surface area contributed by atoms with Crippen molar-refractivity contribution >= 4 is 5.91 Å². The molecule has 1 aliphatic carbocycles. The van der Waals surface area contributed by atoms with Gasteiger partial charge in [0.2, 0.25) is 11.8 Å². The number of hydrogen-bond acceptors (Lipinski definition) is 3. The van der Waals surface area contributed by atoms with Gasteiger partial charge < -0.3 is 14.7 Å². The molecule has 1 N–H and O–H groups in total. The van der Waals surface area contributed by atoms with Gasteiger partial charge in [0.25, 0.3) is 0 Å². The zero-order valence-corrected chi connectivity index (χ0v) is 12.9. The second kappa shape index (κ2) is 6.04. The Kier molecular flexibility index (Phi) is 4.42. The first-order valence-electron chi connectivity index (χ1n) is 8.41. The summed E-state index contributed by atoms with van der Waals surface area (Å²) in [5.41, 5.74) is -0.491. The first-order valence-corrected chi connectivity index (χ1v) is 8.41. The highest BCUT2D eigenvalue weighted by Crippen LogP contribution is 2.39. The average molecular weight is 317 g/mol. The number of piperidine rings is 1. The molecule has 0 bridgehead atoms. The molecule has 2 saturated heterocycles. The van der Waals surface area contributed by atoms with Gasteiger partial charge in [-0.1, -0.05) is 0 Å². The Bertz CT molecular complexity index is 412. The van der Waals surface area contributed by atoms with Crippen LogP contribution in [0, 0.1) is 5.92 Å². The fourth-order valence-corrected chi connectivity index (χ4v) is 4.04. The molecule has 3 fully saturated rings. The number of halogens is 2. The van der Waals surface area contributed by atoms with Crippen LogP contribution in [0.1, 0.15) is 51.4 Å². The van der Waals surface area contributed by atoms with E-state index in [4.69, 9.17) is 4.74 Å². The van der Waals surface area contributed by atoms with Crippen molar-refractivity contribution in [2.75, 3.05) is 19.7 Å². The van der Waals surface area contributed by atoms with E-state index in [0.29, 0.717) is 32.5 Å². The molecule has 3 rings (SSSR count). The van der Waals surface area contributed by atoms with Crippen molar-refractivity contribution in [1.82, 2.24) is 4.90 Å². The summed E-state index contributed by atoms with van der Waals surface area (Å²) in [6.45, 7) is 1.79. The van der Waals surface area contributed by atoms with Gasteiger partial charge in [0.05, 0.1) is 11.7 Å². The van der Waals surface area contributed by atoms with Gasteiger partial charge >= 0.3 is 0 Å². The Balaban J connectivity index is 1.54. The molecule has 22 heavy (non-hydrogen) atoms. The van der Waals surface area contributed by atoms with Gasteiger partial charge in [-0.25, -0.2) is 8.78 Å². The molecule has 1 atom stereocenters. The van der Waals surface area contributed by atoms with E-state index in [2.05, 4.69) is 0 Å². The fourth-order valence-electron chi connectivity index (χ4n) is 4.04. The van der Waals surface area contributed by atoms with E-state index in [1.165, 1.54) is 0 Å². The summed E-state index contributed by atoms with van der Waals surface area (Å²) in [5, 5.41) is 10.2. The highest BCUT2D eigenvalue weighted by molar-refractivity contribution is 5.79. The van der Waals surface area contributed by atoms with Crippen molar-refractivity contribution in [1.29, 1.82) is 0 Å². The summed E-state index contributed by atoms with van der Waals surface area (Å²) in [4.78, 5) is 14.3. The fraction of sp³-hybridized carbons (Fsp3) is 0.938. The smallest absolute Gasteiger partial charge is 0.248 e. The first-order chi connectivity index (χ1) is 10.4. The van der Waals surface area contributed by atoms with Crippen LogP contribution in [0.25, 0.3) is 0 Å². The predicted octanol–water partition coefficient (Wildman–Crippen LogP) is 2.34. The molecular formula is C16H25F2NO3. The van der Waals surface area contributed by atoms with Crippen LogP contribution in [-0.4, -0.2) is 53.2 Å². The molecule has 1 spiro atoms. The maximum absolute atomic E-state index is 13.2. The summed E-state index contributed by atoms with van der Waals surface area (Å²) < 4.78 is 32.2. The Morgan fingerprint density at radius 2 is 1.73 bits per heavy atom. The molecule has 0 radical (unpaired) electrons. The summed E-state index contributed by atoms with van der Waals surface area (Å²) in [6.07, 6.45) is 2.68. The highest BCUT2D eigenvalue weighted by Gasteiger charge is 2.45. The Hall–Kier alpha value is -0.750. The van der Waals surface area contributed by atoms with Crippen LogP contribution in [0.3, 0.4) is 0 Å². The number of alkyl halides is 2. The average Bonchev–Trinajstić information content (AvgIpc) is 2.51. The molecule has 6 heteroatoms. The molecule has 0 aromatic rings. The molecule has 3 aliphatic rings. The largest absolute Gasteiger partial charge is 0.390 e. The van der Waals surface area contributed by atoms with E-state index in [1.807, 2.05) is 0 Å². The number of amides is 1. The number of carbonyl (C=O) groups excluding carboxylic acids is 1. The first kappa shape index (κ1) is 16.1. The second-order valence-corrected chi connectivity index (χ2v) is 7.03. The third-order valence-electron chi connectivity index (χ3n) is 5.61. The van der Waals surface area contributed by atoms with Gasteiger partial charge in [-0.05, 0) is 38.5 Å². The normalized spacial score (nSPS) is 32.1. The number of ether oxygens (including phenoxy) is 1. The van der Waals surface area contributed by atoms with E-state index >= 15 is 0 Å². The number of rotatable bonds is 1. The van der Waals surface area contributed by atoms with Crippen LogP contribution in [0.15, 0.2) is 0 Å². The van der Waals surface area contributed by atoms with E-state index in [9.17, 15) is 18.7 Å². The minimum Gasteiger partial charge on any atom is -0.390 e. The van der Waals surface area contributed by atoms with Crippen molar-refractivity contribution in [3.05, 3.63) is 0 Å². The summed E-state index contributed by atoms with van der Waals surface area (Å²) in [5.74, 6) is -2.84. The number of aliphatic hydroxyl groups is 1. The van der Waals surface area contributed by atoms with E-state index in [1.54, 1.807) is 4.90 Å². The van der Waals surface area contributed by atoms with Gasteiger partial charge in [-0.3, -0.25) is 4.79 Å². The lowest BCUT2D eigenvalue weighted by Gasteiger charge is -2.47. The monoisotopic (exact) mass is 317 g/mol. The summed E-state index contributed by atoms with van der Waals surface area (Å²) in [7, 11) is 0.